The highest BCUT2D eigenvalue weighted by atomic mass is 79.9. The van der Waals surface area contributed by atoms with Gasteiger partial charge in [0.25, 0.3) is 0 Å². The zero-order chi connectivity index (χ0) is 13.6. The number of carbonyl (C=O) groups excluding carboxylic acids is 1. The van der Waals surface area contributed by atoms with E-state index in [9.17, 15) is 4.79 Å². The molecule has 0 fully saturated rings. The van der Waals surface area contributed by atoms with Crippen LogP contribution in [-0.4, -0.2) is 31.0 Å². The van der Waals surface area contributed by atoms with Gasteiger partial charge in [0, 0.05) is 20.1 Å². The molecule has 0 aliphatic rings. The van der Waals surface area contributed by atoms with E-state index in [4.69, 9.17) is 4.74 Å². The summed E-state index contributed by atoms with van der Waals surface area (Å²) in [7, 11) is 1.66. The van der Waals surface area contributed by atoms with Gasteiger partial charge >= 0.3 is 0 Å². The minimum absolute atomic E-state index is 0.157. The molecule has 0 radical (unpaired) electrons. The summed E-state index contributed by atoms with van der Waals surface area (Å²) in [6.07, 6.45) is 9.38. The standard InChI is InChI=1S/C14H28BrNO2/c1-3-4-5-6-7-8-9-10-14(17)16-11-13(15)12-18-2/h13H,3-12H2,1-2H3,(H,16,17). The third-order valence-electron chi connectivity index (χ3n) is 2.88. The largest absolute Gasteiger partial charge is 0.383 e. The summed E-state index contributed by atoms with van der Waals surface area (Å²) in [5.41, 5.74) is 0. The third-order valence-corrected chi connectivity index (χ3v) is 3.46. The van der Waals surface area contributed by atoms with Gasteiger partial charge in [-0.3, -0.25) is 4.79 Å². The average molecular weight is 322 g/mol. The van der Waals surface area contributed by atoms with Crippen LogP contribution in [0.4, 0.5) is 0 Å². The molecular weight excluding hydrogens is 294 g/mol. The van der Waals surface area contributed by atoms with Gasteiger partial charge in [0.1, 0.15) is 0 Å². The Balaban J connectivity index is 3.26. The van der Waals surface area contributed by atoms with Crippen molar-refractivity contribution >= 4 is 21.8 Å². The number of alkyl halides is 1. The molecule has 0 rings (SSSR count). The van der Waals surface area contributed by atoms with Crippen molar-refractivity contribution in [2.24, 2.45) is 0 Å². The van der Waals surface area contributed by atoms with Crippen LogP contribution in [0.25, 0.3) is 0 Å². The van der Waals surface area contributed by atoms with Crippen LogP contribution in [0.2, 0.25) is 0 Å². The number of methoxy groups -OCH3 is 1. The lowest BCUT2D eigenvalue weighted by molar-refractivity contribution is -0.121. The van der Waals surface area contributed by atoms with Gasteiger partial charge in [-0.2, -0.15) is 0 Å². The van der Waals surface area contributed by atoms with Crippen molar-refractivity contribution < 1.29 is 9.53 Å². The Hall–Kier alpha value is -0.0900. The minimum atomic E-state index is 0.157. The number of hydrogen-bond acceptors (Lipinski definition) is 2. The fourth-order valence-electron chi connectivity index (χ4n) is 1.80. The van der Waals surface area contributed by atoms with Crippen molar-refractivity contribution in [3.05, 3.63) is 0 Å². The number of unbranched alkanes of at least 4 members (excludes halogenated alkanes) is 6. The van der Waals surface area contributed by atoms with Gasteiger partial charge in [0.15, 0.2) is 0 Å². The second-order valence-electron chi connectivity index (χ2n) is 4.73. The van der Waals surface area contributed by atoms with Gasteiger partial charge in [-0.15, -0.1) is 0 Å². The van der Waals surface area contributed by atoms with E-state index in [0.29, 0.717) is 19.6 Å². The van der Waals surface area contributed by atoms with E-state index in [1.807, 2.05) is 0 Å². The van der Waals surface area contributed by atoms with E-state index < -0.39 is 0 Å². The molecule has 18 heavy (non-hydrogen) atoms. The smallest absolute Gasteiger partial charge is 0.220 e. The molecule has 0 aliphatic carbocycles. The third kappa shape index (κ3) is 12.4. The first-order valence-corrected chi connectivity index (χ1v) is 8.02. The molecular formula is C14H28BrNO2. The molecule has 3 nitrogen and oxygen atoms in total. The topological polar surface area (TPSA) is 38.3 Å². The Kier molecular flexibility index (Phi) is 13.3. The summed E-state index contributed by atoms with van der Waals surface area (Å²) in [6, 6.07) is 0. The molecule has 0 saturated carbocycles. The predicted molar refractivity (Wildman–Crippen MR) is 80.2 cm³/mol. The van der Waals surface area contributed by atoms with E-state index >= 15 is 0 Å². The van der Waals surface area contributed by atoms with Crippen molar-refractivity contribution in [2.45, 2.75) is 63.1 Å². The SMILES string of the molecule is CCCCCCCCCC(=O)NCC(Br)COC. The molecule has 0 aromatic carbocycles. The fourth-order valence-corrected chi connectivity index (χ4v) is 2.22. The van der Waals surface area contributed by atoms with Gasteiger partial charge < -0.3 is 10.1 Å². The van der Waals surface area contributed by atoms with Crippen molar-refractivity contribution in [2.75, 3.05) is 20.3 Å². The first-order chi connectivity index (χ1) is 8.70. The van der Waals surface area contributed by atoms with Crippen molar-refractivity contribution in [3.8, 4) is 0 Å². The Morgan fingerprint density at radius 2 is 1.78 bits per heavy atom. The summed E-state index contributed by atoms with van der Waals surface area (Å²) >= 11 is 3.44. The highest BCUT2D eigenvalue weighted by Crippen LogP contribution is 2.08. The number of carbonyl (C=O) groups is 1. The maximum absolute atomic E-state index is 11.5. The lowest BCUT2D eigenvalue weighted by Crippen LogP contribution is -2.31. The summed E-state index contributed by atoms with van der Waals surface area (Å²) in [5.74, 6) is 0.157. The van der Waals surface area contributed by atoms with Crippen LogP contribution in [0, 0.1) is 0 Å². The lowest BCUT2D eigenvalue weighted by atomic mass is 10.1. The van der Waals surface area contributed by atoms with Gasteiger partial charge in [0.2, 0.25) is 5.91 Å². The Labute approximate surface area is 120 Å². The van der Waals surface area contributed by atoms with Gasteiger partial charge in [-0.1, -0.05) is 61.4 Å². The summed E-state index contributed by atoms with van der Waals surface area (Å²) in [5, 5.41) is 2.91. The van der Waals surface area contributed by atoms with Gasteiger partial charge in [-0.25, -0.2) is 0 Å². The van der Waals surface area contributed by atoms with E-state index in [-0.39, 0.29) is 10.7 Å². The van der Waals surface area contributed by atoms with Crippen molar-refractivity contribution in [1.29, 1.82) is 0 Å². The molecule has 0 saturated heterocycles. The molecule has 0 aromatic rings. The van der Waals surface area contributed by atoms with Crippen LogP contribution in [0.5, 0.6) is 0 Å². The quantitative estimate of drug-likeness (QED) is 0.440. The van der Waals surface area contributed by atoms with Crippen molar-refractivity contribution in [3.63, 3.8) is 0 Å². The van der Waals surface area contributed by atoms with Gasteiger partial charge in [-0.05, 0) is 6.42 Å². The molecule has 0 heterocycles. The maximum atomic E-state index is 11.5. The van der Waals surface area contributed by atoms with E-state index in [1.54, 1.807) is 7.11 Å². The van der Waals surface area contributed by atoms with Crippen LogP contribution < -0.4 is 5.32 Å². The molecule has 1 N–H and O–H groups in total. The first kappa shape index (κ1) is 17.9. The number of ether oxygens (including phenoxy) is 1. The van der Waals surface area contributed by atoms with E-state index in [0.717, 1.165) is 6.42 Å². The summed E-state index contributed by atoms with van der Waals surface area (Å²) in [6.45, 7) is 3.49. The number of amides is 1. The number of nitrogens with one attached hydrogen (secondary N) is 1. The van der Waals surface area contributed by atoms with Crippen LogP contribution in [0.3, 0.4) is 0 Å². The summed E-state index contributed by atoms with van der Waals surface area (Å²) < 4.78 is 4.98. The predicted octanol–water partition coefficient (Wildman–Crippen LogP) is 3.65. The monoisotopic (exact) mass is 321 g/mol. The molecule has 0 bridgehead atoms. The van der Waals surface area contributed by atoms with Crippen molar-refractivity contribution in [1.82, 2.24) is 5.32 Å². The van der Waals surface area contributed by atoms with Gasteiger partial charge in [0.05, 0.1) is 11.4 Å². The second kappa shape index (κ2) is 13.3. The molecule has 1 unspecified atom stereocenters. The Morgan fingerprint density at radius 3 is 2.39 bits per heavy atom. The molecule has 108 valence electrons. The Bertz CT molecular complexity index is 200. The van der Waals surface area contributed by atoms with Crippen LogP contribution in [0.1, 0.15) is 58.3 Å². The van der Waals surface area contributed by atoms with E-state index in [2.05, 4.69) is 28.2 Å². The second-order valence-corrected chi connectivity index (χ2v) is 6.02. The molecule has 0 aromatic heterocycles. The normalized spacial score (nSPS) is 12.4. The molecule has 1 amide bonds. The first-order valence-electron chi connectivity index (χ1n) is 7.10. The molecule has 1 atom stereocenters. The highest BCUT2D eigenvalue weighted by Gasteiger charge is 2.06. The molecule has 0 spiro atoms. The highest BCUT2D eigenvalue weighted by molar-refractivity contribution is 9.09. The number of halogens is 1. The van der Waals surface area contributed by atoms with Crippen LogP contribution >= 0.6 is 15.9 Å². The Morgan fingerprint density at radius 1 is 1.17 bits per heavy atom. The minimum Gasteiger partial charge on any atom is -0.383 e. The zero-order valence-corrected chi connectivity index (χ0v) is 13.4. The maximum Gasteiger partial charge on any atom is 0.220 e. The summed E-state index contributed by atoms with van der Waals surface area (Å²) in [4.78, 5) is 11.7. The molecule has 0 aliphatic heterocycles. The lowest BCUT2D eigenvalue weighted by Gasteiger charge is -2.10. The number of rotatable bonds is 12. The van der Waals surface area contributed by atoms with Crippen LogP contribution in [-0.2, 0) is 9.53 Å². The zero-order valence-electron chi connectivity index (χ0n) is 11.8. The van der Waals surface area contributed by atoms with Crippen LogP contribution in [0.15, 0.2) is 0 Å². The average Bonchev–Trinajstić information content (AvgIpc) is 2.35. The van der Waals surface area contributed by atoms with E-state index in [1.165, 1.54) is 38.5 Å². The fraction of sp³-hybridized carbons (Fsp3) is 0.929. The number of hydrogen-bond donors (Lipinski definition) is 1. The molecule has 4 heteroatoms.